The van der Waals surface area contributed by atoms with Crippen LogP contribution in [0.25, 0.3) is 0 Å². The molecule has 3 heterocycles. The predicted octanol–water partition coefficient (Wildman–Crippen LogP) is 2.34. The van der Waals surface area contributed by atoms with Crippen molar-refractivity contribution in [3.8, 4) is 0 Å². The lowest BCUT2D eigenvalue weighted by atomic mass is 10.1. The van der Waals surface area contributed by atoms with Gasteiger partial charge >= 0.3 is 0 Å². The summed E-state index contributed by atoms with van der Waals surface area (Å²) in [5.41, 5.74) is 6.86. The van der Waals surface area contributed by atoms with Crippen LogP contribution in [0.3, 0.4) is 0 Å². The zero-order chi connectivity index (χ0) is 14.8. The molecule has 1 aliphatic heterocycles. The minimum Gasteiger partial charge on any atom is -0.359 e. The van der Waals surface area contributed by atoms with Gasteiger partial charge in [0, 0.05) is 24.4 Å². The van der Waals surface area contributed by atoms with Gasteiger partial charge in [-0.1, -0.05) is 5.16 Å². The monoisotopic (exact) mass is 342 g/mol. The Hall–Kier alpha value is -1.44. The molecule has 2 N–H and O–H groups in total. The van der Waals surface area contributed by atoms with E-state index in [-0.39, 0.29) is 24.4 Å². The van der Waals surface area contributed by atoms with E-state index >= 15 is 0 Å². The molecule has 0 radical (unpaired) electrons. The molecular formula is C14H19ClN4O2S. The van der Waals surface area contributed by atoms with Crippen LogP contribution in [0.15, 0.2) is 16.0 Å². The number of rotatable bonds is 4. The first-order valence-corrected chi connectivity index (χ1v) is 7.95. The molecule has 1 amide bonds. The molecule has 2 aromatic rings. The fourth-order valence-corrected chi connectivity index (χ4v) is 3.43. The highest BCUT2D eigenvalue weighted by Crippen LogP contribution is 2.33. The summed E-state index contributed by atoms with van der Waals surface area (Å²) in [5, 5.41) is 6.64. The maximum Gasteiger partial charge on any atom is 0.273 e. The lowest BCUT2D eigenvalue weighted by Crippen LogP contribution is -2.30. The molecule has 0 spiro atoms. The number of carbonyl (C=O) groups is 1. The van der Waals surface area contributed by atoms with Gasteiger partial charge in [-0.25, -0.2) is 4.98 Å². The van der Waals surface area contributed by atoms with Crippen molar-refractivity contribution in [2.45, 2.75) is 32.2 Å². The standard InChI is InChI=1S/C14H18N4O2S.ClH/c1-9-7-12(20-17-9)11-3-2-6-18(11)14(19)10-8-21-13(16-10)4-5-15;/h7-8,11H,2-6,15H2,1H3;1H. The lowest BCUT2D eigenvalue weighted by molar-refractivity contribution is 0.0709. The van der Waals surface area contributed by atoms with Crippen LogP contribution in [-0.2, 0) is 6.42 Å². The maximum absolute atomic E-state index is 12.6. The molecule has 6 nitrogen and oxygen atoms in total. The number of thiazole rings is 1. The number of carbonyl (C=O) groups excluding carboxylic acids is 1. The summed E-state index contributed by atoms with van der Waals surface area (Å²) < 4.78 is 5.33. The quantitative estimate of drug-likeness (QED) is 0.921. The molecule has 0 saturated carbocycles. The van der Waals surface area contributed by atoms with E-state index in [0.717, 1.165) is 35.8 Å². The van der Waals surface area contributed by atoms with Crippen LogP contribution < -0.4 is 5.73 Å². The smallest absolute Gasteiger partial charge is 0.273 e. The van der Waals surface area contributed by atoms with Crippen LogP contribution in [0.2, 0.25) is 0 Å². The average Bonchev–Trinajstić information content (AvgIpc) is 3.17. The highest BCUT2D eigenvalue weighted by atomic mass is 35.5. The summed E-state index contributed by atoms with van der Waals surface area (Å²) in [5.74, 6) is 0.724. The fourth-order valence-electron chi connectivity index (χ4n) is 2.64. The molecule has 0 aliphatic carbocycles. The van der Waals surface area contributed by atoms with E-state index in [1.54, 1.807) is 0 Å². The molecular weight excluding hydrogens is 324 g/mol. The summed E-state index contributed by atoms with van der Waals surface area (Å²) in [6, 6.07) is 1.87. The number of nitrogens with two attached hydrogens (primary N) is 1. The second-order valence-electron chi connectivity index (χ2n) is 5.19. The van der Waals surface area contributed by atoms with Gasteiger partial charge < -0.3 is 15.2 Å². The number of aromatic nitrogens is 2. The van der Waals surface area contributed by atoms with E-state index in [1.165, 1.54) is 11.3 Å². The van der Waals surface area contributed by atoms with Gasteiger partial charge in [0.2, 0.25) is 0 Å². The first kappa shape index (κ1) is 16.9. The van der Waals surface area contributed by atoms with Gasteiger partial charge in [-0.05, 0) is 26.3 Å². The molecule has 1 atom stereocenters. The first-order chi connectivity index (χ1) is 10.2. The second-order valence-corrected chi connectivity index (χ2v) is 6.14. The Kier molecular flexibility index (Phi) is 5.55. The second kappa shape index (κ2) is 7.21. The third-order valence-corrected chi connectivity index (χ3v) is 4.53. The SMILES string of the molecule is Cc1cc(C2CCCN2C(=O)c2csc(CCN)n2)on1.Cl. The normalized spacial score (nSPS) is 17.5. The molecule has 1 fully saturated rings. The van der Waals surface area contributed by atoms with Gasteiger partial charge in [-0.3, -0.25) is 4.79 Å². The van der Waals surface area contributed by atoms with E-state index in [2.05, 4.69) is 10.1 Å². The van der Waals surface area contributed by atoms with Gasteiger partial charge in [-0.15, -0.1) is 23.7 Å². The minimum atomic E-state index is -0.0360. The van der Waals surface area contributed by atoms with E-state index in [1.807, 2.05) is 23.3 Å². The van der Waals surface area contributed by atoms with Gasteiger partial charge in [0.15, 0.2) is 5.76 Å². The van der Waals surface area contributed by atoms with Crippen LogP contribution in [0.4, 0.5) is 0 Å². The third-order valence-electron chi connectivity index (χ3n) is 3.62. The topological polar surface area (TPSA) is 85.2 Å². The Morgan fingerprint density at radius 2 is 2.41 bits per heavy atom. The van der Waals surface area contributed by atoms with Crippen molar-refractivity contribution >= 4 is 29.7 Å². The molecule has 0 aromatic carbocycles. The van der Waals surface area contributed by atoms with E-state index in [0.29, 0.717) is 18.7 Å². The van der Waals surface area contributed by atoms with E-state index in [4.69, 9.17) is 10.3 Å². The number of halogens is 1. The van der Waals surface area contributed by atoms with Crippen LogP contribution in [0, 0.1) is 6.92 Å². The first-order valence-electron chi connectivity index (χ1n) is 7.07. The predicted molar refractivity (Wildman–Crippen MR) is 86.4 cm³/mol. The van der Waals surface area contributed by atoms with Crippen LogP contribution in [0.5, 0.6) is 0 Å². The number of nitrogens with zero attached hydrogens (tertiary/aromatic N) is 3. The van der Waals surface area contributed by atoms with Crippen LogP contribution >= 0.6 is 23.7 Å². The third kappa shape index (κ3) is 3.31. The Morgan fingerprint density at radius 3 is 3.09 bits per heavy atom. The molecule has 22 heavy (non-hydrogen) atoms. The van der Waals surface area contributed by atoms with Crippen LogP contribution in [-0.4, -0.2) is 34.0 Å². The maximum atomic E-state index is 12.6. The van der Waals surface area contributed by atoms with Gasteiger partial charge in [0.25, 0.3) is 5.91 Å². The largest absolute Gasteiger partial charge is 0.359 e. The summed E-state index contributed by atoms with van der Waals surface area (Å²) in [4.78, 5) is 18.8. The average molecular weight is 343 g/mol. The number of hydrogen-bond acceptors (Lipinski definition) is 6. The number of amides is 1. The minimum absolute atomic E-state index is 0. The molecule has 1 aliphatic rings. The highest BCUT2D eigenvalue weighted by molar-refractivity contribution is 7.09. The molecule has 2 aromatic heterocycles. The Balaban J connectivity index is 0.00000176. The van der Waals surface area contributed by atoms with Crippen molar-refractivity contribution in [2.24, 2.45) is 5.73 Å². The van der Waals surface area contributed by atoms with E-state index in [9.17, 15) is 4.79 Å². The zero-order valence-electron chi connectivity index (χ0n) is 12.3. The number of likely N-dealkylation sites (tertiary alicyclic amines) is 1. The lowest BCUT2D eigenvalue weighted by Gasteiger charge is -2.21. The van der Waals surface area contributed by atoms with Crippen molar-refractivity contribution in [1.82, 2.24) is 15.0 Å². The molecule has 120 valence electrons. The molecule has 1 saturated heterocycles. The molecule has 8 heteroatoms. The van der Waals surface area contributed by atoms with Gasteiger partial charge in [0.05, 0.1) is 16.7 Å². The Bertz CT molecular complexity index is 642. The Labute approximate surface area is 139 Å². The summed E-state index contributed by atoms with van der Waals surface area (Å²) in [6.45, 7) is 3.16. The van der Waals surface area contributed by atoms with E-state index < -0.39 is 0 Å². The van der Waals surface area contributed by atoms with Crippen molar-refractivity contribution in [3.05, 3.63) is 33.6 Å². The molecule has 1 unspecified atom stereocenters. The summed E-state index contributed by atoms with van der Waals surface area (Å²) in [7, 11) is 0. The number of aryl methyl sites for hydroxylation is 1. The molecule has 3 rings (SSSR count). The van der Waals surface area contributed by atoms with Gasteiger partial charge in [-0.2, -0.15) is 0 Å². The fraction of sp³-hybridized carbons (Fsp3) is 0.500. The highest BCUT2D eigenvalue weighted by Gasteiger charge is 2.34. The molecule has 0 bridgehead atoms. The van der Waals surface area contributed by atoms with Crippen LogP contribution in [0.1, 0.15) is 45.8 Å². The van der Waals surface area contributed by atoms with Gasteiger partial charge in [0.1, 0.15) is 5.69 Å². The number of hydrogen-bond donors (Lipinski definition) is 1. The van der Waals surface area contributed by atoms with Crippen molar-refractivity contribution in [1.29, 1.82) is 0 Å². The van der Waals surface area contributed by atoms with Crippen molar-refractivity contribution in [2.75, 3.05) is 13.1 Å². The summed E-state index contributed by atoms with van der Waals surface area (Å²) >= 11 is 1.49. The van der Waals surface area contributed by atoms with Crippen molar-refractivity contribution in [3.63, 3.8) is 0 Å². The zero-order valence-corrected chi connectivity index (χ0v) is 14.0. The Morgan fingerprint density at radius 1 is 1.59 bits per heavy atom. The van der Waals surface area contributed by atoms with Crippen molar-refractivity contribution < 1.29 is 9.32 Å². The summed E-state index contributed by atoms with van der Waals surface area (Å²) in [6.07, 6.45) is 2.58.